The van der Waals surface area contributed by atoms with Crippen LogP contribution in [-0.4, -0.2) is 43.2 Å². The van der Waals surface area contributed by atoms with E-state index < -0.39 is 0 Å². The average Bonchev–Trinajstić information content (AvgIpc) is 3.02. The molecule has 0 atom stereocenters. The molecule has 1 amide bonds. The first-order valence-electron chi connectivity index (χ1n) is 7.89. The first-order chi connectivity index (χ1) is 11.2. The third-order valence-corrected chi connectivity index (χ3v) is 4.38. The van der Waals surface area contributed by atoms with Crippen LogP contribution in [0.4, 0.5) is 0 Å². The zero-order chi connectivity index (χ0) is 16.2. The van der Waals surface area contributed by atoms with E-state index in [1.165, 1.54) is 0 Å². The van der Waals surface area contributed by atoms with Crippen LogP contribution in [0.5, 0.6) is 0 Å². The van der Waals surface area contributed by atoms with Crippen LogP contribution in [0.3, 0.4) is 0 Å². The predicted molar refractivity (Wildman–Crippen MR) is 84.5 cm³/mol. The van der Waals surface area contributed by atoms with Gasteiger partial charge in [0.05, 0.1) is 23.9 Å². The Bertz CT molecular complexity index is 677. The maximum Gasteiger partial charge on any atom is 0.289 e. The molecule has 122 valence electrons. The minimum atomic E-state index is -0.249. The van der Waals surface area contributed by atoms with Gasteiger partial charge in [0.25, 0.3) is 5.91 Å². The second kappa shape index (κ2) is 6.87. The van der Waals surface area contributed by atoms with Crippen LogP contribution in [0.2, 0.25) is 0 Å². The Morgan fingerprint density at radius 2 is 2.17 bits per heavy atom. The molecule has 7 heteroatoms. The predicted octanol–water partition coefficient (Wildman–Crippen LogP) is 1.16. The second-order valence-corrected chi connectivity index (χ2v) is 6.03. The molecular formula is C16H21N5O2. The Morgan fingerprint density at radius 3 is 2.83 bits per heavy atom. The molecule has 0 unspecified atom stereocenters. The lowest BCUT2D eigenvalue weighted by Crippen LogP contribution is -2.38. The Kier molecular flexibility index (Phi) is 4.66. The molecule has 1 fully saturated rings. The molecule has 0 bridgehead atoms. The van der Waals surface area contributed by atoms with Crippen LogP contribution in [0.25, 0.3) is 11.4 Å². The van der Waals surface area contributed by atoms with Gasteiger partial charge in [0.2, 0.25) is 5.82 Å². The summed E-state index contributed by atoms with van der Waals surface area (Å²) in [6.45, 7) is 0.233. The summed E-state index contributed by atoms with van der Waals surface area (Å²) in [4.78, 5) is 24.9. The van der Waals surface area contributed by atoms with E-state index in [1.807, 2.05) is 11.6 Å². The standard InChI is InChI=1S/C16H21N5O2/c1-21-10-17-8-14(21)13-6-7-18-15(20-13)16(23)19-12-4-2-11(9-22)3-5-12/h6-8,10-12,22H,2-5,9H2,1H3,(H,19,23)/t11-,12-. The SMILES string of the molecule is Cn1cncc1-c1ccnc(C(=O)N[C@H]2CC[C@H](CO)CC2)n1. The molecule has 0 aliphatic heterocycles. The lowest BCUT2D eigenvalue weighted by atomic mass is 9.86. The van der Waals surface area contributed by atoms with Gasteiger partial charge in [0, 0.05) is 25.9 Å². The largest absolute Gasteiger partial charge is 0.396 e. The fraction of sp³-hybridized carbons (Fsp3) is 0.500. The third kappa shape index (κ3) is 3.56. The number of amides is 1. The van der Waals surface area contributed by atoms with E-state index in [2.05, 4.69) is 20.3 Å². The van der Waals surface area contributed by atoms with E-state index >= 15 is 0 Å². The Labute approximate surface area is 134 Å². The number of imidazole rings is 1. The summed E-state index contributed by atoms with van der Waals surface area (Å²) in [7, 11) is 1.88. The zero-order valence-corrected chi connectivity index (χ0v) is 13.1. The lowest BCUT2D eigenvalue weighted by Gasteiger charge is -2.27. The topological polar surface area (TPSA) is 92.9 Å². The second-order valence-electron chi connectivity index (χ2n) is 6.03. The van der Waals surface area contributed by atoms with Gasteiger partial charge in [-0.05, 0) is 37.7 Å². The number of aryl methyl sites for hydroxylation is 1. The van der Waals surface area contributed by atoms with Gasteiger partial charge >= 0.3 is 0 Å². The molecule has 7 nitrogen and oxygen atoms in total. The number of carbonyl (C=O) groups is 1. The molecule has 3 rings (SSSR count). The first-order valence-corrected chi connectivity index (χ1v) is 7.89. The maximum atomic E-state index is 12.4. The highest BCUT2D eigenvalue weighted by molar-refractivity contribution is 5.91. The van der Waals surface area contributed by atoms with Gasteiger partial charge in [-0.15, -0.1) is 0 Å². The highest BCUT2D eigenvalue weighted by atomic mass is 16.3. The third-order valence-electron chi connectivity index (χ3n) is 4.38. The van der Waals surface area contributed by atoms with Gasteiger partial charge in [-0.25, -0.2) is 15.0 Å². The molecule has 0 spiro atoms. The van der Waals surface area contributed by atoms with Crippen molar-refractivity contribution in [3.8, 4) is 11.4 Å². The highest BCUT2D eigenvalue weighted by Crippen LogP contribution is 2.24. The van der Waals surface area contributed by atoms with Gasteiger partial charge in [-0.1, -0.05) is 0 Å². The Morgan fingerprint density at radius 1 is 1.39 bits per heavy atom. The maximum absolute atomic E-state index is 12.4. The number of aliphatic hydroxyl groups excluding tert-OH is 1. The summed E-state index contributed by atoms with van der Waals surface area (Å²) in [6, 6.07) is 1.90. The molecular weight excluding hydrogens is 294 g/mol. The minimum absolute atomic E-state index is 0.134. The molecule has 0 aromatic carbocycles. The van der Waals surface area contributed by atoms with Crippen molar-refractivity contribution in [2.24, 2.45) is 13.0 Å². The zero-order valence-electron chi connectivity index (χ0n) is 13.1. The number of aliphatic hydroxyl groups is 1. The van der Waals surface area contributed by atoms with Crippen molar-refractivity contribution in [1.82, 2.24) is 24.8 Å². The first kappa shape index (κ1) is 15.6. The molecule has 1 aliphatic carbocycles. The van der Waals surface area contributed by atoms with Gasteiger partial charge in [0.1, 0.15) is 0 Å². The number of carbonyl (C=O) groups excluding carboxylic acids is 1. The van der Waals surface area contributed by atoms with Gasteiger partial charge < -0.3 is 15.0 Å². The summed E-state index contributed by atoms with van der Waals surface area (Å²) >= 11 is 0. The summed E-state index contributed by atoms with van der Waals surface area (Å²) < 4.78 is 1.85. The van der Waals surface area contributed by atoms with E-state index in [4.69, 9.17) is 5.11 Å². The number of aromatic nitrogens is 4. The van der Waals surface area contributed by atoms with E-state index in [0.717, 1.165) is 31.4 Å². The van der Waals surface area contributed by atoms with Crippen LogP contribution < -0.4 is 5.32 Å². The van der Waals surface area contributed by atoms with Crippen molar-refractivity contribution < 1.29 is 9.90 Å². The van der Waals surface area contributed by atoms with E-state index in [9.17, 15) is 4.79 Å². The average molecular weight is 315 g/mol. The van der Waals surface area contributed by atoms with Gasteiger partial charge in [-0.2, -0.15) is 0 Å². The Balaban J connectivity index is 1.67. The minimum Gasteiger partial charge on any atom is -0.396 e. The number of rotatable bonds is 4. The van der Waals surface area contributed by atoms with Crippen molar-refractivity contribution in [2.45, 2.75) is 31.7 Å². The van der Waals surface area contributed by atoms with Crippen LogP contribution >= 0.6 is 0 Å². The molecule has 0 saturated heterocycles. The monoisotopic (exact) mass is 315 g/mol. The quantitative estimate of drug-likeness (QED) is 0.883. The number of nitrogens with zero attached hydrogens (tertiary/aromatic N) is 4. The molecule has 2 aromatic rings. The molecule has 1 aliphatic rings. The van der Waals surface area contributed by atoms with Crippen molar-refractivity contribution >= 4 is 5.91 Å². The lowest BCUT2D eigenvalue weighted by molar-refractivity contribution is 0.0903. The molecule has 2 heterocycles. The number of hydrogen-bond donors (Lipinski definition) is 2. The summed E-state index contributed by atoms with van der Waals surface area (Å²) in [5.41, 5.74) is 1.51. The highest BCUT2D eigenvalue weighted by Gasteiger charge is 2.23. The number of hydrogen-bond acceptors (Lipinski definition) is 5. The van der Waals surface area contributed by atoms with Crippen molar-refractivity contribution in [2.75, 3.05) is 6.61 Å². The molecule has 1 saturated carbocycles. The van der Waals surface area contributed by atoms with Crippen LogP contribution in [-0.2, 0) is 7.05 Å². The smallest absolute Gasteiger partial charge is 0.289 e. The van der Waals surface area contributed by atoms with Gasteiger partial charge in [-0.3, -0.25) is 4.79 Å². The van der Waals surface area contributed by atoms with Crippen LogP contribution in [0.15, 0.2) is 24.8 Å². The van der Waals surface area contributed by atoms with E-state index in [0.29, 0.717) is 11.6 Å². The molecule has 2 N–H and O–H groups in total. The molecule has 2 aromatic heterocycles. The fourth-order valence-electron chi connectivity index (χ4n) is 2.95. The Hall–Kier alpha value is -2.28. The normalized spacial score (nSPS) is 21.1. The van der Waals surface area contributed by atoms with E-state index in [-0.39, 0.29) is 24.4 Å². The summed E-state index contributed by atoms with van der Waals surface area (Å²) in [6.07, 6.45) is 8.65. The summed E-state index contributed by atoms with van der Waals surface area (Å²) in [5.74, 6) is 0.294. The van der Waals surface area contributed by atoms with Crippen molar-refractivity contribution in [1.29, 1.82) is 0 Å². The molecule has 0 radical (unpaired) electrons. The fourth-order valence-corrected chi connectivity index (χ4v) is 2.95. The van der Waals surface area contributed by atoms with E-state index in [1.54, 1.807) is 24.8 Å². The van der Waals surface area contributed by atoms with Crippen LogP contribution in [0.1, 0.15) is 36.3 Å². The van der Waals surface area contributed by atoms with Crippen molar-refractivity contribution in [3.05, 3.63) is 30.6 Å². The van der Waals surface area contributed by atoms with Crippen molar-refractivity contribution in [3.63, 3.8) is 0 Å². The van der Waals surface area contributed by atoms with Crippen LogP contribution in [0, 0.1) is 5.92 Å². The molecule has 23 heavy (non-hydrogen) atoms. The summed E-state index contributed by atoms with van der Waals surface area (Å²) in [5, 5.41) is 12.2. The van der Waals surface area contributed by atoms with Gasteiger partial charge in [0.15, 0.2) is 0 Å². The number of nitrogens with one attached hydrogen (secondary N) is 1.